The zero-order valence-electron chi connectivity index (χ0n) is 16.9. The Kier molecular flexibility index (Phi) is 5.85. The Morgan fingerprint density at radius 2 is 2.16 bits per heavy atom. The molecule has 2 aromatic heterocycles. The molecule has 0 spiro atoms. The van der Waals surface area contributed by atoms with Crippen molar-refractivity contribution in [1.82, 2.24) is 20.3 Å². The van der Waals surface area contributed by atoms with Crippen LogP contribution in [-0.4, -0.2) is 46.5 Å². The number of carbonyl (C=O) groups is 1. The molecule has 1 aromatic carbocycles. The van der Waals surface area contributed by atoms with Crippen LogP contribution >= 0.6 is 0 Å². The van der Waals surface area contributed by atoms with Crippen molar-refractivity contribution in [1.29, 1.82) is 5.26 Å². The van der Waals surface area contributed by atoms with Gasteiger partial charge < -0.3 is 20.5 Å². The summed E-state index contributed by atoms with van der Waals surface area (Å²) >= 11 is 0. The normalized spacial score (nSPS) is 16.6. The summed E-state index contributed by atoms with van der Waals surface area (Å²) in [5.74, 6) is 0.467. The molecular weight excluding hydrogens is 423 g/mol. The van der Waals surface area contributed by atoms with Crippen molar-refractivity contribution in [3.8, 4) is 6.07 Å². The van der Waals surface area contributed by atoms with Crippen LogP contribution in [-0.2, 0) is 11.0 Å². The van der Waals surface area contributed by atoms with Crippen molar-refractivity contribution in [2.24, 2.45) is 0 Å². The zero-order valence-corrected chi connectivity index (χ0v) is 16.9. The molecule has 0 radical (unpaired) electrons. The minimum atomic E-state index is -4.65. The summed E-state index contributed by atoms with van der Waals surface area (Å²) in [6, 6.07) is 6.60. The van der Waals surface area contributed by atoms with E-state index in [0.29, 0.717) is 6.54 Å². The highest BCUT2D eigenvalue weighted by molar-refractivity contribution is 5.87. The predicted octanol–water partition coefficient (Wildman–Crippen LogP) is 3.05. The maximum Gasteiger partial charge on any atom is 0.417 e. The third-order valence-corrected chi connectivity index (χ3v) is 5.32. The van der Waals surface area contributed by atoms with Gasteiger partial charge in [-0.25, -0.2) is 9.97 Å². The largest absolute Gasteiger partial charge is 0.417 e. The van der Waals surface area contributed by atoms with E-state index in [1.807, 2.05) is 6.07 Å². The van der Waals surface area contributed by atoms with Gasteiger partial charge in [-0.15, -0.1) is 0 Å². The molecule has 0 saturated carbocycles. The molecule has 1 fully saturated rings. The minimum absolute atomic E-state index is 0.117. The van der Waals surface area contributed by atoms with Crippen LogP contribution in [0.4, 0.5) is 24.7 Å². The van der Waals surface area contributed by atoms with Crippen LogP contribution in [0.3, 0.4) is 0 Å². The van der Waals surface area contributed by atoms with Crippen molar-refractivity contribution < 1.29 is 18.0 Å². The fraction of sp³-hybridized carbons (Fsp3) is 0.333. The van der Waals surface area contributed by atoms with Crippen molar-refractivity contribution in [2.75, 3.05) is 29.9 Å². The number of H-pyrrole nitrogens is 1. The summed E-state index contributed by atoms with van der Waals surface area (Å²) in [5, 5.41) is 15.4. The second-order valence-electron chi connectivity index (χ2n) is 7.51. The molecular formula is C21H20F3N7O. The number of rotatable bonds is 5. The zero-order chi connectivity index (χ0) is 22.7. The van der Waals surface area contributed by atoms with E-state index in [-0.39, 0.29) is 24.2 Å². The van der Waals surface area contributed by atoms with Gasteiger partial charge in [-0.05, 0) is 37.1 Å². The lowest BCUT2D eigenvalue weighted by molar-refractivity contribution is -0.137. The number of amides is 1. The lowest BCUT2D eigenvalue weighted by Gasteiger charge is -2.34. The van der Waals surface area contributed by atoms with E-state index < -0.39 is 17.3 Å². The van der Waals surface area contributed by atoms with Gasteiger partial charge in [0, 0.05) is 31.0 Å². The van der Waals surface area contributed by atoms with E-state index in [4.69, 9.17) is 5.26 Å². The minimum Gasteiger partial charge on any atom is -0.376 e. The van der Waals surface area contributed by atoms with Crippen LogP contribution in [0, 0.1) is 11.3 Å². The number of anilines is 2. The average Bonchev–Trinajstić information content (AvgIpc) is 3.26. The number of carbonyl (C=O) groups excluding carboxylic acids is 1. The van der Waals surface area contributed by atoms with E-state index in [2.05, 4.69) is 30.5 Å². The summed E-state index contributed by atoms with van der Waals surface area (Å²) < 4.78 is 39.3. The molecule has 8 nitrogen and oxygen atoms in total. The number of hydrogen-bond acceptors (Lipinski definition) is 6. The van der Waals surface area contributed by atoms with Gasteiger partial charge in [0.2, 0.25) is 5.91 Å². The summed E-state index contributed by atoms with van der Waals surface area (Å²) in [6.45, 7) is 1.18. The number of nitrogens with one attached hydrogen (secondary N) is 3. The Bertz CT molecular complexity index is 1170. The monoisotopic (exact) mass is 443 g/mol. The molecule has 0 aliphatic carbocycles. The molecule has 1 amide bonds. The second-order valence-corrected chi connectivity index (χ2v) is 7.51. The van der Waals surface area contributed by atoms with Crippen molar-refractivity contribution in [3.63, 3.8) is 0 Å². The summed E-state index contributed by atoms with van der Waals surface area (Å²) in [4.78, 5) is 26.1. The molecule has 4 rings (SSSR count). The fourth-order valence-electron chi connectivity index (χ4n) is 3.85. The number of halogens is 3. The van der Waals surface area contributed by atoms with Gasteiger partial charge in [0.15, 0.2) is 0 Å². The average molecular weight is 443 g/mol. The van der Waals surface area contributed by atoms with Crippen molar-refractivity contribution >= 4 is 28.4 Å². The van der Waals surface area contributed by atoms with Crippen LogP contribution < -0.4 is 15.5 Å². The number of nitriles is 1. The predicted molar refractivity (Wildman–Crippen MR) is 112 cm³/mol. The first-order valence-electron chi connectivity index (χ1n) is 10.0. The molecule has 1 atom stereocenters. The molecule has 1 unspecified atom stereocenters. The van der Waals surface area contributed by atoms with E-state index in [9.17, 15) is 18.0 Å². The van der Waals surface area contributed by atoms with Gasteiger partial charge in [-0.2, -0.15) is 18.4 Å². The van der Waals surface area contributed by atoms with Crippen LogP contribution in [0.2, 0.25) is 0 Å². The first kappa shape index (κ1) is 21.4. The number of hydrogen-bond donors (Lipinski definition) is 3. The molecule has 1 aliphatic rings. The Balaban J connectivity index is 1.36. The van der Waals surface area contributed by atoms with Crippen LogP contribution in [0.15, 0.2) is 36.8 Å². The van der Waals surface area contributed by atoms with Gasteiger partial charge in [-0.3, -0.25) is 4.79 Å². The van der Waals surface area contributed by atoms with Gasteiger partial charge in [0.05, 0.1) is 29.1 Å². The maximum atomic E-state index is 13.1. The summed E-state index contributed by atoms with van der Waals surface area (Å²) in [5.41, 5.74) is -0.635. The number of aromatic amines is 1. The lowest BCUT2D eigenvalue weighted by atomic mass is 10.1. The second kappa shape index (κ2) is 8.74. The van der Waals surface area contributed by atoms with Gasteiger partial charge in [0.1, 0.15) is 17.8 Å². The Labute approximate surface area is 181 Å². The Hall–Kier alpha value is -3.81. The fourth-order valence-corrected chi connectivity index (χ4v) is 3.85. The number of benzene rings is 1. The molecule has 166 valence electrons. The topological polar surface area (TPSA) is 110 Å². The quantitative estimate of drug-likeness (QED) is 0.559. The number of nitrogens with zero attached hydrogens (tertiary/aromatic N) is 4. The number of piperidine rings is 1. The first-order chi connectivity index (χ1) is 15.3. The van der Waals surface area contributed by atoms with Crippen molar-refractivity contribution in [3.05, 3.63) is 47.9 Å². The molecule has 1 aliphatic heterocycles. The standard InChI is InChI=1S/C21H20F3N7O/c22-21(23,24)17-8-14(4-3-13(17)9-25)27-10-18(32)30-15-2-1-7-31(11-15)20-16-5-6-26-19(16)28-12-29-20/h3-6,8,12,15,27H,1-2,7,10-11H2,(H,30,32)(H,26,28,29). The Morgan fingerprint density at radius 3 is 2.94 bits per heavy atom. The van der Waals surface area contributed by atoms with Crippen LogP contribution in [0.5, 0.6) is 0 Å². The highest BCUT2D eigenvalue weighted by Gasteiger charge is 2.34. The summed E-state index contributed by atoms with van der Waals surface area (Å²) in [6.07, 6.45) is 0.290. The van der Waals surface area contributed by atoms with E-state index >= 15 is 0 Å². The smallest absolute Gasteiger partial charge is 0.376 e. The molecule has 32 heavy (non-hydrogen) atoms. The molecule has 1 saturated heterocycles. The first-order valence-corrected chi connectivity index (χ1v) is 10.0. The highest BCUT2D eigenvalue weighted by atomic mass is 19.4. The molecule has 11 heteroatoms. The van der Waals surface area contributed by atoms with E-state index in [1.54, 1.807) is 6.20 Å². The van der Waals surface area contributed by atoms with E-state index in [1.165, 1.54) is 18.5 Å². The SMILES string of the molecule is N#Cc1ccc(NCC(=O)NC2CCCN(c3ncnc4[nH]ccc34)C2)cc1C(F)(F)F. The van der Waals surface area contributed by atoms with Crippen LogP contribution in [0.1, 0.15) is 24.0 Å². The molecule has 3 N–H and O–H groups in total. The molecule has 0 bridgehead atoms. The highest BCUT2D eigenvalue weighted by Crippen LogP contribution is 2.33. The van der Waals surface area contributed by atoms with Crippen LogP contribution in [0.25, 0.3) is 11.0 Å². The molecule has 3 aromatic rings. The van der Waals surface area contributed by atoms with Gasteiger partial charge in [-0.1, -0.05) is 0 Å². The Morgan fingerprint density at radius 1 is 1.31 bits per heavy atom. The maximum absolute atomic E-state index is 13.1. The third kappa shape index (κ3) is 4.59. The van der Waals surface area contributed by atoms with Gasteiger partial charge in [0.25, 0.3) is 0 Å². The lowest BCUT2D eigenvalue weighted by Crippen LogP contribution is -2.49. The van der Waals surface area contributed by atoms with E-state index in [0.717, 1.165) is 48.4 Å². The number of aromatic nitrogens is 3. The summed E-state index contributed by atoms with van der Waals surface area (Å²) in [7, 11) is 0. The van der Waals surface area contributed by atoms with Gasteiger partial charge >= 0.3 is 6.18 Å². The molecule has 3 heterocycles. The number of fused-ring (bicyclic) bond motifs is 1. The van der Waals surface area contributed by atoms with Crippen molar-refractivity contribution in [2.45, 2.75) is 25.1 Å². The number of alkyl halides is 3. The third-order valence-electron chi connectivity index (χ3n) is 5.32.